The number of piperidine rings is 1. The Hall–Kier alpha value is -2.50. The second kappa shape index (κ2) is 7.59. The third-order valence-corrected chi connectivity index (χ3v) is 4.66. The van der Waals surface area contributed by atoms with E-state index >= 15 is 0 Å². The number of hydrogen-bond donors (Lipinski definition) is 1. The SMILES string of the molecule is CCc1cc(N2CCC(NC(=O)c3cccc(C)c3F)CC2)ncn1. The van der Waals surface area contributed by atoms with Gasteiger partial charge in [0.05, 0.1) is 5.56 Å². The van der Waals surface area contributed by atoms with E-state index in [0.717, 1.165) is 43.9 Å². The van der Waals surface area contributed by atoms with E-state index < -0.39 is 5.82 Å². The summed E-state index contributed by atoms with van der Waals surface area (Å²) in [4.78, 5) is 23.1. The van der Waals surface area contributed by atoms with E-state index in [9.17, 15) is 9.18 Å². The van der Waals surface area contributed by atoms with Gasteiger partial charge in [-0.1, -0.05) is 19.1 Å². The molecule has 0 atom stereocenters. The largest absolute Gasteiger partial charge is 0.356 e. The lowest BCUT2D eigenvalue weighted by molar-refractivity contribution is 0.0927. The first-order valence-corrected chi connectivity index (χ1v) is 8.70. The first kappa shape index (κ1) is 17.3. The minimum atomic E-state index is -0.439. The Kier molecular flexibility index (Phi) is 5.26. The van der Waals surface area contributed by atoms with E-state index in [1.807, 2.05) is 6.07 Å². The number of hydrogen-bond acceptors (Lipinski definition) is 4. The van der Waals surface area contributed by atoms with Gasteiger partial charge in [0.25, 0.3) is 5.91 Å². The highest BCUT2D eigenvalue weighted by Crippen LogP contribution is 2.19. The average Bonchev–Trinajstić information content (AvgIpc) is 2.64. The van der Waals surface area contributed by atoms with Crippen LogP contribution in [0.25, 0.3) is 0 Å². The van der Waals surface area contributed by atoms with Crippen LogP contribution in [0, 0.1) is 12.7 Å². The summed E-state index contributed by atoms with van der Waals surface area (Å²) in [7, 11) is 0. The number of amides is 1. The molecule has 3 rings (SSSR count). The Bertz CT molecular complexity index is 757. The highest BCUT2D eigenvalue weighted by atomic mass is 19.1. The van der Waals surface area contributed by atoms with E-state index in [4.69, 9.17) is 0 Å². The van der Waals surface area contributed by atoms with Crippen molar-refractivity contribution in [2.75, 3.05) is 18.0 Å². The molecule has 2 aromatic rings. The summed E-state index contributed by atoms with van der Waals surface area (Å²) in [5, 5.41) is 2.96. The second-order valence-corrected chi connectivity index (χ2v) is 6.39. The topological polar surface area (TPSA) is 58.1 Å². The van der Waals surface area contributed by atoms with E-state index in [1.54, 1.807) is 25.4 Å². The van der Waals surface area contributed by atoms with E-state index in [1.165, 1.54) is 6.07 Å². The number of nitrogens with zero attached hydrogens (tertiary/aromatic N) is 3. The van der Waals surface area contributed by atoms with Crippen molar-refractivity contribution >= 4 is 11.7 Å². The fourth-order valence-corrected chi connectivity index (χ4v) is 3.09. The molecule has 5 nitrogen and oxygen atoms in total. The molecule has 0 unspecified atom stereocenters. The van der Waals surface area contributed by atoms with Gasteiger partial charge in [0.2, 0.25) is 0 Å². The molecule has 1 saturated heterocycles. The lowest BCUT2D eigenvalue weighted by atomic mass is 10.0. The molecule has 6 heteroatoms. The highest BCUT2D eigenvalue weighted by Gasteiger charge is 2.23. The number of aromatic nitrogens is 2. The number of rotatable bonds is 4. The van der Waals surface area contributed by atoms with Crippen LogP contribution in [0.15, 0.2) is 30.6 Å². The van der Waals surface area contributed by atoms with Gasteiger partial charge >= 0.3 is 0 Å². The Labute approximate surface area is 147 Å². The molecule has 1 amide bonds. The third kappa shape index (κ3) is 3.95. The summed E-state index contributed by atoms with van der Waals surface area (Å²) in [5.74, 6) is 0.154. The van der Waals surface area contributed by atoms with Gasteiger partial charge < -0.3 is 10.2 Å². The number of carbonyl (C=O) groups excluding carboxylic acids is 1. The summed E-state index contributed by atoms with van der Waals surface area (Å²) in [6.45, 7) is 5.35. The molecule has 0 aliphatic carbocycles. The van der Waals surface area contributed by atoms with Gasteiger partial charge in [-0.05, 0) is 37.8 Å². The smallest absolute Gasteiger partial charge is 0.254 e. The molecule has 1 aromatic carbocycles. The van der Waals surface area contributed by atoms with Gasteiger partial charge in [-0.3, -0.25) is 4.79 Å². The lowest BCUT2D eigenvalue weighted by Crippen LogP contribution is -2.45. The van der Waals surface area contributed by atoms with E-state index in [2.05, 4.69) is 27.1 Å². The quantitative estimate of drug-likeness (QED) is 0.928. The summed E-state index contributed by atoms with van der Waals surface area (Å²) < 4.78 is 14.1. The van der Waals surface area contributed by atoms with E-state index in [0.29, 0.717) is 5.56 Å². The van der Waals surface area contributed by atoms with Crippen LogP contribution in [-0.4, -0.2) is 35.0 Å². The zero-order chi connectivity index (χ0) is 17.8. The Morgan fingerprint density at radius 1 is 1.32 bits per heavy atom. The molecule has 1 aliphatic heterocycles. The van der Waals surface area contributed by atoms with Crippen molar-refractivity contribution in [1.82, 2.24) is 15.3 Å². The summed E-state index contributed by atoms with van der Waals surface area (Å²) in [5.41, 5.74) is 1.62. The Morgan fingerprint density at radius 3 is 2.80 bits per heavy atom. The third-order valence-electron chi connectivity index (χ3n) is 4.66. The van der Waals surface area contributed by atoms with Crippen LogP contribution in [-0.2, 0) is 6.42 Å². The Balaban J connectivity index is 1.59. The number of halogens is 1. The molecule has 0 spiro atoms. The minimum Gasteiger partial charge on any atom is -0.356 e. The maximum absolute atomic E-state index is 14.1. The number of carbonyl (C=O) groups is 1. The number of aryl methyl sites for hydroxylation is 2. The van der Waals surface area contributed by atoms with Gasteiger partial charge in [0.15, 0.2) is 0 Å². The maximum atomic E-state index is 14.1. The van der Waals surface area contributed by atoms with Crippen molar-refractivity contribution < 1.29 is 9.18 Å². The first-order chi connectivity index (χ1) is 12.1. The summed E-state index contributed by atoms with van der Waals surface area (Å²) >= 11 is 0. The van der Waals surface area contributed by atoms with Crippen LogP contribution in [0.5, 0.6) is 0 Å². The summed E-state index contributed by atoms with van der Waals surface area (Å²) in [6, 6.07) is 6.96. The Morgan fingerprint density at radius 2 is 2.08 bits per heavy atom. The number of nitrogens with one attached hydrogen (secondary N) is 1. The molecule has 25 heavy (non-hydrogen) atoms. The van der Waals surface area contributed by atoms with Crippen LogP contribution in [0.4, 0.5) is 10.2 Å². The van der Waals surface area contributed by atoms with Gasteiger partial charge in [0.1, 0.15) is 18.0 Å². The van der Waals surface area contributed by atoms with E-state index in [-0.39, 0.29) is 17.5 Å². The molecular weight excluding hydrogens is 319 g/mol. The molecule has 2 heterocycles. The van der Waals surface area contributed by atoms with Crippen molar-refractivity contribution in [2.45, 2.75) is 39.2 Å². The fourth-order valence-electron chi connectivity index (χ4n) is 3.09. The first-order valence-electron chi connectivity index (χ1n) is 8.70. The fraction of sp³-hybridized carbons (Fsp3) is 0.421. The van der Waals surface area contributed by atoms with Crippen LogP contribution in [0.2, 0.25) is 0 Å². The van der Waals surface area contributed by atoms with Crippen molar-refractivity contribution in [1.29, 1.82) is 0 Å². The highest BCUT2D eigenvalue weighted by molar-refractivity contribution is 5.94. The van der Waals surface area contributed by atoms with Gasteiger partial charge in [-0.25, -0.2) is 14.4 Å². The zero-order valence-electron chi connectivity index (χ0n) is 14.6. The molecule has 1 fully saturated rings. The molecule has 1 N–H and O–H groups in total. The van der Waals surface area contributed by atoms with Gasteiger partial charge in [0, 0.05) is 30.9 Å². The van der Waals surface area contributed by atoms with Crippen LogP contribution >= 0.6 is 0 Å². The zero-order valence-corrected chi connectivity index (χ0v) is 14.6. The molecule has 1 aliphatic rings. The maximum Gasteiger partial charge on any atom is 0.254 e. The standard InChI is InChI=1S/C19H23FN4O/c1-3-14-11-17(22-12-21-14)24-9-7-15(8-10-24)23-19(25)16-6-4-5-13(2)18(16)20/h4-6,11-12,15H,3,7-10H2,1-2H3,(H,23,25). The van der Waals surface area contributed by atoms with Crippen molar-refractivity contribution in [2.24, 2.45) is 0 Å². The van der Waals surface area contributed by atoms with Crippen LogP contribution in [0.1, 0.15) is 41.4 Å². The normalized spacial score (nSPS) is 15.2. The average molecular weight is 342 g/mol. The molecule has 0 radical (unpaired) electrons. The van der Waals surface area contributed by atoms with Crippen LogP contribution < -0.4 is 10.2 Å². The molecule has 132 valence electrons. The van der Waals surface area contributed by atoms with Crippen molar-refractivity contribution in [3.05, 3.63) is 53.2 Å². The van der Waals surface area contributed by atoms with Gasteiger partial charge in [-0.15, -0.1) is 0 Å². The van der Waals surface area contributed by atoms with Gasteiger partial charge in [-0.2, -0.15) is 0 Å². The predicted molar refractivity (Wildman–Crippen MR) is 95.2 cm³/mol. The molecule has 1 aromatic heterocycles. The van der Waals surface area contributed by atoms with Crippen LogP contribution in [0.3, 0.4) is 0 Å². The monoisotopic (exact) mass is 342 g/mol. The number of anilines is 1. The summed E-state index contributed by atoms with van der Waals surface area (Å²) in [6.07, 6.45) is 4.10. The van der Waals surface area contributed by atoms with Crippen molar-refractivity contribution in [3.8, 4) is 0 Å². The molecular formula is C19H23FN4O. The molecule has 0 bridgehead atoms. The minimum absolute atomic E-state index is 0.0520. The second-order valence-electron chi connectivity index (χ2n) is 6.39. The number of benzene rings is 1. The molecule has 0 saturated carbocycles. The lowest BCUT2D eigenvalue weighted by Gasteiger charge is -2.33. The van der Waals surface area contributed by atoms with Crippen molar-refractivity contribution in [3.63, 3.8) is 0 Å². The predicted octanol–water partition coefficient (Wildman–Crippen LogP) is 2.89.